The van der Waals surface area contributed by atoms with Gasteiger partial charge in [0.05, 0.1) is 47.3 Å². The summed E-state index contributed by atoms with van der Waals surface area (Å²) in [6, 6.07) is 9.34. The zero-order chi connectivity index (χ0) is 27.7. The Morgan fingerprint density at radius 1 is 0.895 bits per heavy atom. The van der Waals surface area contributed by atoms with Crippen molar-refractivity contribution in [3.63, 3.8) is 0 Å². The number of aromatic amines is 1. The molecule has 1 heterocycles. The van der Waals surface area contributed by atoms with Gasteiger partial charge in [-0.1, -0.05) is 6.58 Å². The molecular formula is C26H26Cl2N4O6. The highest BCUT2D eigenvalue weighted by molar-refractivity contribution is 6.20. The third-order valence-corrected chi connectivity index (χ3v) is 5.70. The summed E-state index contributed by atoms with van der Waals surface area (Å²) in [6.45, 7) is 4.02. The Balaban J connectivity index is 1.65. The first-order valence-corrected chi connectivity index (χ1v) is 12.6. The molecule has 0 aliphatic carbocycles. The Morgan fingerprint density at radius 2 is 1.53 bits per heavy atom. The van der Waals surface area contributed by atoms with Crippen LogP contribution in [0.15, 0.2) is 43.0 Å². The number of esters is 2. The molecule has 0 aliphatic heterocycles. The molecule has 10 nitrogen and oxygen atoms in total. The second-order valence-corrected chi connectivity index (χ2v) is 8.79. The number of carbonyl (C=O) groups is 4. The number of alkyl halides is 2. The lowest BCUT2D eigenvalue weighted by Gasteiger charge is -2.14. The number of nitrogens with one attached hydrogen (secondary N) is 3. The Kier molecular flexibility index (Phi) is 10.3. The van der Waals surface area contributed by atoms with Gasteiger partial charge in [-0.05, 0) is 42.0 Å². The van der Waals surface area contributed by atoms with Gasteiger partial charge in [0.15, 0.2) is 0 Å². The zero-order valence-electron chi connectivity index (χ0n) is 20.6. The SMILES string of the molecule is C=C(CCOC(=O)c1ccc(NC(=O)CCCl)c(NC(=O)CCCl)c1)c1nc2cc(C(=O)OC)ccc2[nH]1. The normalized spacial score (nSPS) is 10.6. The fourth-order valence-corrected chi connectivity index (χ4v) is 3.71. The topological polar surface area (TPSA) is 139 Å². The molecule has 0 atom stereocenters. The van der Waals surface area contributed by atoms with Gasteiger partial charge in [-0.3, -0.25) is 9.59 Å². The highest BCUT2D eigenvalue weighted by Crippen LogP contribution is 2.25. The lowest BCUT2D eigenvalue weighted by molar-refractivity contribution is -0.116. The Labute approximate surface area is 228 Å². The second-order valence-electron chi connectivity index (χ2n) is 8.03. The number of anilines is 2. The van der Waals surface area contributed by atoms with Crippen molar-refractivity contribution in [3.05, 3.63) is 59.9 Å². The van der Waals surface area contributed by atoms with Crippen LogP contribution in [0.5, 0.6) is 0 Å². The fraction of sp³-hybridized carbons (Fsp3) is 0.269. The van der Waals surface area contributed by atoms with Crippen LogP contribution < -0.4 is 10.6 Å². The van der Waals surface area contributed by atoms with Gasteiger partial charge in [0, 0.05) is 31.0 Å². The van der Waals surface area contributed by atoms with Crippen LogP contribution in [0.1, 0.15) is 45.8 Å². The fourth-order valence-electron chi connectivity index (χ4n) is 3.37. The van der Waals surface area contributed by atoms with Crippen molar-refractivity contribution in [2.24, 2.45) is 0 Å². The van der Waals surface area contributed by atoms with E-state index in [-0.39, 0.29) is 54.3 Å². The van der Waals surface area contributed by atoms with E-state index in [0.29, 0.717) is 40.1 Å². The van der Waals surface area contributed by atoms with Crippen LogP contribution in [-0.4, -0.2) is 59.2 Å². The van der Waals surface area contributed by atoms with E-state index in [2.05, 4.69) is 27.2 Å². The summed E-state index contributed by atoms with van der Waals surface area (Å²) >= 11 is 11.2. The summed E-state index contributed by atoms with van der Waals surface area (Å²) in [5, 5.41) is 5.30. The summed E-state index contributed by atoms with van der Waals surface area (Å²) in [6.07, 6.45) is 0.433. The lowest BCUT2D eigenvalue weighted by Crippen LogP contribution is -2.18. The highest BCUT2D eigenvalue weighted by Gasteiger charge is 2.16. The molecule has 200 valence electrons. The van der Waals surface area contributed by atoms with E-state index in [0.717, 1.165) is 0 Å². The number of benzene rings is 2. The first-order chi connectivity index (χ1) is 18.2. The van der Waals surface area contributed by atoms with Gasteiger partial charge in [-0.2, -0.15) is 0 Å². The van der Waals surface area contributed by atoms with E-state index in [1.54, 1.807) is 18.2 Å². The van der Waals surface area contributed by atoms with Crippen molar-refractivity contribution < 1.29 is 28.7 Å². The smallest absolute Gasteiger partial charge is 0.338 e. The standard InChI is InChI=1S/C26H26Cl2N4O6/c1-15(24-31-19-6-3-16(25(35)37-2)13-21(19)32-24)9-12-38-26(36)17-4-5-18(29-22(33)7-10-27)20(14-17)30-23(34)8-11-28/h3-6,13-14H,1,7-12H2,2H3,(H,29,33)(H,30,34)(H,31,32). The van der Waals surface area contributed by atoms with Gasteiger partial charge in [0.25, 0.3) is 0 Å². The van der Waals surface area contributed by atoms with E-state index in [4.69, 9.17) is 32.7 Å². The van der Waals surface area contributed by atoms with Crippen LogP contribution in [0.4, 0.5) is 11.4 Å². The molecule has 3 aromatic rings. The largest absolute Gasteiger partial charge is 0.465 e. The molecule has 1 aromatic heterocycles. The molecule has 3 N–H and O–H groups in total. The molecule has 2 amide bonds. The minimum absolute atomic E-state index is 0.0181. The highest BCUT2D eigenvalue weighted by atomic mass is 35.5. The number of fused-ring (bicyclic) bond motifs is 1. The molecule has 0 radical (unpaired) electrons. The predicted octanol–water partition coefficient (Wildman–Crippen LogP) is 4.74. The summed E-state index contributed by atoms with van der Waals surface area (Å²) < 4.78 is 10.1. The number of hydrogen-bond acceptors (Lipinski definition) is 7. The number of amides is 2. The number of imidazole rings is 1. The van der Waals surface area contributed by atoms with Crippen molar-refractivity contribution in [1.29, 1.82) is 0 Å². The van der Waals surface area contributed by atoms with Crippen molar-refractivity contribution in [3.8, 4) is 0 Å². The summed E-state index contributed by atoms with van der Waals surface area (Å²) in [5.74, 6) is -1.06. The molecular weight excluding hydrogens is 535 g/mol. The number of ether oxygens (including phenoxy) is 2. The van der Waals surface area contributed by atoms with Gasteiger partial charge in [-0.25, -0.2) is 14.6 Å². The molecule has 0 unspecified atom stereocenters. The average Bonchev–Trinajstić information content (AvgIpc) is 3.33. The van der Waals surface area contributed by atoms with Gasteiger partial charge in [0.2, 0.25) is 11.8 Å². The third kappa shape index (κ3) is 7.56. The molecule has 0 saturated carbocycles. The molecule has 0 aliphatic rings. The minimum atomic E-state index is -0.628. The lowest BCUT2D eigenvalue weighted by atomic mass is 10.1. The molecule has 12 heteroatoms. The summed E-state index contributed by atoms with van der Waals surface area (Å²) in [7, 11) is 1.31. The van der Waals surface area contributed by atoms with E-state index >= 15 is 0 Å². The first kappa shape index (κ1) is 28.7. The number of nitrogens with zero attached hydrogens (tertiary/aromatic N) is 1. The third-order valence-electron chi connectivity index (χ3n) is 5.32. The van der Waals surface area contributed by atoms with Crippen LogP contribution in [0, 0.1) is 0 Å². The molecule has 0 saturated heterocycles. The number of H-pyrrole nitrogens is 1. The second kappa shape index (κ2) is 13.6. The number of hydrogen-bond donors (Lipinski definition) is 3. The number of halogens is 2. The van der Waals surface area contributed by atoms with Crippen molar-refractivity contribution in [2.75, 3.05) is 36.1 Å². The summed E-state index contributed by atoms with van der Waals surface area (Å²) in [5.41, 5.74) is 2.98. The average molecular weight is 561 g/mol. The van der Waals surface area contributed by atoms with Crippen LogP contribution in [-0.2, 0) is 19.1 Å². The predicted molar refractivity (Wildman–Crippen MR) is 146 cm³/mol. The Morgan fingerprint density at radius 3 is 2.18 bits per heavy atom. The van der Waals surface area contributed by atoms with Gasteiger partial charge >= 0.3 is 11.9 Å². The molecule has 38 heavy (non-hydrogen) atoms. The number of aromatic nitrogens is 2. The van der Waals surface area contributed by atoms with E-state index in [1.165, 1.54) is 25.3 Å². The van der Waals surface area contributed by atoms with Crippen LogP contribution >= 0.6 is 23.2 Å². The van der Waals surface area contributed by atoms with E-state index < -0.39 is 11.9 Å². The molecule has 3 rings (SSSR count). The maximum absolute atomic E-state index is 12.7. The van der Waals surface area contributed by atoms with E-state index in [9.17, 15) is 19.2 Å². The first-order valence-electron chi connectivity index (χ1n) is 11.5. The molecule has 0 spiro atoms. The van der Waals surface area contributed by atoms with Gasteiger partial charge < -0.3 is 25.1 Å². The summed E-state index contributed by atoms with van der Waals surface area (Å²) in [4.78, 5) is 56.0. The van der Waals surface area contributed by atoms with Gasteiger partial charge in [-0.15, -0.1) is 23.2 Å². The van der Waals surface area contributed by atoms with Crippen molar-refractivity contribution in [2.45, 2.75) is 19.3 Å². The number of carbonyl (C=O) groups excluding carboxylic acids is 4. The van der Waals surface area contributed by atoms with Crippen LogP contribution in [0.3, 0.4) is 0 Å². The van der Waals surface area contributed by atoms with E-state index in [1.807, 2.05) is 0 Å². The molecule has 2 aromatic carbocycles. The molecule has 0 fully saturated rings. The van der Waals surface area contributed by atoms with Crippen LogP contribution in [0.25, 0.3) is 16.6 Å². The zero-order valence-corrected chi connectivity index (χ0v) is 22.1. The number of rotatable bonds is 12. The van der Waals surface area contributed by atoms with Crippen molar-refractivity contribution >= 4 is 74.9 Å². The minimum Gasteiger partial charge on any atom is -0.465 e. The number of methoxy groups -OCH3 is 1. The Bertz CT molecular complexity index is 1370. The maximum Gasteiger partial charge on any atom is 0.338 e. The monoisotopic (exact) mass is 560 g/mol. The van der Waals surface area contributed by atoms with Crippen molar-refractivity contribution in [1.82, 2.24) is 9.97 Å². The maximum atomic E-state index is 12.7. The van der Waals surface area contributed by atoms with Crippen LogP contribution in [0.2, 0.25) is 0 Å². The van der Waals surface area contributed by atoms with Gasteiger partial charge in [0.1, 0.15) is 5.82 Å². The molecule has 0 bridgehead atoms. The quantitative estimate of drug-likeness (QED) is 0.214. The Hall–Kier alpha value is -3.89.